The quantitative estimate of drug-likeness (QED) is 0.740. The zero-order valence-electron chi connectivity index (χ0n) is 13.2. The average Bonchev–Trinajstić information content (AvgIpc) is 3.12. The van der Waals surface area contributed by atoms with Gasteiger partial charge in [0.15, 0.2) is 11.5 Å². The molecule has 25 heavy (non-hydrogen) atoms. The summed E-state index contributed by atoms with van der Waals surface area (Å²) in [6.07, 6.45) is 0. The van der Waals surface area contributed by atoms with E-state index in [4.69, 9.17) is 14.4 Å². The van der Waals surface area contributed by atoms with Crippen molar-refractivity contribution in [2.45, 2.75) is 0 Å². The molecule has 2 N–H and O–H groups in total. The van der Waals surface area contributed by atoms with Gasteiger partial charge in [0.25, 0.3) is 5.91 Å². The standard InChI is InChI=1S/C18H14N2O5/c1-24-12-8-6-11(7-9-12)16-10-15(20-25-16)17(21)19-14-5-3-2-4-13(14)18(22)23/h2-10H,1H3,(H,19,21)(H,22,23). The van der Waals surface area contributed by atoms with Crippen LogP contribution in [0.15, 0.2) is 59.1 Å². The predicted molar refractivity (Wildman–Crippen MR) is 89.8 cm³/mol. The molecule has 126 valence electrons. The van der Waals surface area contributed by atoms with E-state index in [1.807, 2.05) is 0 Å². The van der Waals surface area contributed by atoms with Gasteiger partial charge in [0.1, 0.15) is 5.75 Å². The molecule has 0 saturated carbocycles. The van der Waals surface area contributed by atoms with Crippen LogP contribution in [-0.4, -0.2) is 29.2 Å². The molecule has 3 aromatic rings. The van der Waals surface area contributed by atoms with E-state index in [0.29, 0.717) is 11.5 Å². The number of carboxylic acids is 1. The number of para-hydroxylation sites is 1. The van der Waals surface area contributed by atoms with E-state index in [1.54, 1.807) is 43.5 Å². The van der Waals surface area contributed by atoms with Crippen LogP contribution in [0.1, 0.15) is 20.8 Å². The number of carboxylic acid groups (broad SMARTS) is 1. The van der Waals surface area contributed by atoms with Gasteiger partial charge in [0, 0.05) is 11.6 Å². The van der Waals surface area contributed by atoms with Gasteiger partial charge >= 0.3 is 5.97 Å². The lowest BCUT2D eigenvalue weighted by atomic mass is 10.1. The highest BCUT2D eigenvalue weighted by Gasteiger charge is 2.17. The Hall–Kier alpha value is -3.61. The van der Waals surface area contributed by atoms with Crippen molar-refractivity contribution in [2.24, 2.45) is 0 Å². The smallest absolute Gasteiger partial charge is 0.337 e. The molecule has 0 saturated heterocycles. The number of nitrogens with zero attached hydrogens (tertiary/aromatic N) is 1. The average molecular weight is 338 g/mol. The molecule has 0 bridgehead atoms. The highest BCUT2D eigenvalue weighted by molar-refractivity contribution is 6.07. The third-order valence-corrected chi connectivity index (χ3v) is 3.52. The minimum absolute atomic E-state index is 0.00489. The number of carbonyl (C=O) groups is 2. The first-order valence-electron chi connectivity index (χ1n) is 7.33. The maximum Gasteiger partial charge on any atom is 0.337 e. The number of ether oxygens (including phenoxy) is 1. The van der Waals surface area contributed by atoms with Gasteiger partial charge in [0.05, 0.1) is 18.4 Å². The number of benzene rings is 2. The number of methoxy groups -OCH3 is 1. The van der Waals surface area contributed by atoms with Gasteiger partial charge in [-0.2, -0.15) is 0 Å². The van der Waals surface area contributed by atoms with Gasteiger partial charge < -0.3 is 19.7 Å². The number of aromatic nitrogens is 1. The van der Waals surface area contributed by atoms with E-state index in [9.17, 15) is 9.59 Å². The molecule has 1 heterocycles. The van der Waals surface area contributed by atoms with Gasteiger partial charge in [-0.15, -0.1) is 0 Å². The molecule has 0 aliphatic rings. The van der Waals surface area contributed by atoms with E-state index in [1.165, 1.54) is 18.2 Å². The summed E-state index contributed by atoms with van der Waals surface area (Å²) < 4.78 is 10.3. The monoisotopic (exact) mass is 338 g/mol. The second-order valence-corrected chi connectivity index (χ2v) is 5.11. The summed E-state index contributed by atoms with van der Waals surface area (Å²) in [7, 11) is 1.57. The summed E-state index contributed by atoms with van der Waals surface area (Å²) in [5.41, 5.74) is 0.966. The lowest BCUT2D eigenvalue weighted by Crippen LogP contribution is -2.15. The Kier molecular flexibility index (Phi) is 4.47. The topological polar surface area (TPSA) is 102 Å². The van der Waals surface area contributed by atoms with Crippen molar-refractivity contribution >= 4 is 17.6 Å². The maximum atomic E-state index is 12.3. The van der Waals surface area contributed by atoms with Gasteiger partial charge in [0.2, 0.25) is 0 Å². The molecule has 2 aromatic carbocycles. The minimum Gasteiger partial charge on any atom is -0.497 e. The van der Waals surface area contributed by atoms with Gasteiger partial charge in [-0.25, -0.2) is 4.79 Å². The van der Waals surface area contributed by atoms with E-state index in [0.717, 1.165) is 5.56 Å². The molecule has 0 unspecified atom stereocenters. The Morgan fingerprint density at radius 1 is 1.12 bits per heavy atom. The Labute approximate surface area is 142 Å². The summed E-state index contributed by atoms with van der Waals surface area (Å²) in [5.74, 6) is -0.571. The summed E-state index contributed by atoms with van der Waals surface area (Å²) in [5, 5.41) is 15.4. The van der Waals surface area contributed by atoms with Crippen LogP contribution < -0.4 is 10.1 Å². The Bertz CT molecular complexity index is 915. The molecular formula is C18H14N2O5. The molecule has 1 aromatic heterocycles. The lowest BCUT2D eigenvalue weighted by molar-refractivity contribution is 0.0698. The lowest BCUT2D eigenvalue weighted by Gasteiger charge is -2.06. The van der Waals surface area contributed by atoms with Crippen molar-refractivity contribution in [3.05, 3.63) is 65.9 Å². The van der Waals surface area contributed by atoms with E-state index in [2.05, 4.69) is 10.5 Å². The normalized spacial score (nSPS) is 10.3. The second kappa shape index (κ2) is 6.88. The van der Waals surface area contributed by atoms with Crippen LogP contribution in [0.3, 0.4) is 0 Å². The number of hydrogen-bond donors (Lipinski definition) is 2. The van der Waals surface area contributed by atoms with Crippen LogP contribution in [-0.2, 0) is 0 Å². The number of rotatable bonds is 5. The zero-order chi connectivity index (χ0) is 17.8. The van der Waals surface area contributed by atoms with Gasteiger partial charge in [-0.3, -0.25) is 4.79 Å². The van der Waals surface area contributed by atoms with E-state index >= 15 is 0 Å². The minimum atomic E-state index is -1.13. The van der Waals surface area contributed by atoms with Crippen LogP contribution in [0.2, 0.25) is 0 Å². The third kappa shape index (κ3) is 3.50. The maximum absolute atomic E-state index is 12.3. The fourth-order valence-electron chi connectivity index (χ4n) is 2.24. The van der Waals surface area contributed by atoms with Crippen molar-refractivity contribution in [1.82, 2.24) is 5.16 Å². The first kappa shape index (κ1) is 16.3. The summed E-state index contributed by atoms with van der Waals surface area (Å²) in [4.78, 5) is 23.5. The Morgan fingerprint density at radius 2 is 1.84 bits per heavy atom. The zero-order valence-corrected chi connectivity index (χ0v) is 13.2. The molecule has 0 aliphatic heterocycles. The molecule has 1 amide bonds. The summed E-state index contributed by atoms with van der Waals surface area (Å²) in [6.45, 7) is 0. The molecule has 0 atom stereocenters. The fraction of sp³-hybridized carbons (Fsp3) is 0.0556. The number of anilines is 1. The van der Waals surface area contributed by atoms with Crippen molar-refractivity contribution in [3.8, 4) is 17.1 Å². The van der Waals surface area contributed by atoms with Crippen molar-refractivity contribution in [1.29, 1.82) is 0 Å². The highest BCUT2D eigenvalue weighted by atomic mass is 16.5. The number of amides is 1. The van der Waals surface area contributed by atoms with Crippen LogP contribution >= 0.6 is 0 Å². The largest absolute Gasteiger partial charge is 0.497 e. The van der Waals surface area contributed by atoms with E-state index in [-0.39, 0.29) is 16.9 Å². The third-order valence-electron chi connectivity index (χ3n) is 3.52. The van der Waals surface area contributed by atoms with Crippen LogP contribution in [0.25, 0.3) is 11.3 Å². The fourth-order valence-corrected chi connectivity index (χ4v) is 2.24. The second-order valence-electron chi connectivity index (χ2n) is 5.11. The van der Waals surface area contributed by atoms with Crippen LogP contribution in [0.4, 0.5) is 5.69 Å². The van der Waals surface area contributed by atoms with Crippen LogP contribution in [0, 0.1) is 0 Å². The number of aromatic carboxylic acids is 1. The number of carbonyl (C=O) groups excluding carboxylic acids is 1. The molecule has 3 rings (SSSR count). The van der Waals surface area contributed by atoms with Gasteiger partial charge in [-0.1, -0.05) is 17.3 Å². The van der Waals surface area contributed by atoms with Gasteiger partial charge in [-0.05, 0) is 36.4 Å². The Morgan fingerprint density at radius 3 is 2.52 bits per heavy atom. The highest BCUT2D eigenvalue weighted by Crippen LogP contribution is 2.24. The van der Waals surface area contributed by atoms with Crippen LogP contribution in [0.5, 0.6) is 5.75 Å². The first-order valence-corrected chi connectivity index (χ1v) is 7.33. The Balaban J connectivity index is 1.80. The molecule has 0 spiro atoms. The molecule has 7 nitrogen and oxygen atoms in total. The number of nitrogens with one attached hydrogen (secondary N) is 1. The first-order chi connectivity index (χ1) is 12.1. The summed E-state index contributed by atoms with van der Waals surface area (Å²) >= 11 is 0. The van der Waals surface area contributed by atoms with Crippen molar-refractivity contribution < 1.29 is 24.0 Å². The van der Waals surface area contributed by atoms with E-state index < -0.39 is 11.9 Å². The molecule has 7 heteroatoms. The SMILES string of the molecule is COc1ccc(-c2cc(C(=O)Nc3ccccc3C(=O)O)no2)cc1. The summed E-state index contributed by atoms with van der Waals surface area (Å²) in [6, 6.07) is 14.7. The molecule has 0 fully saturated rings. The van der Waals surface area contributed by atoms with Crippen molar-refractivity contribution in [2.75, 3.05) is 12.4 Å². The molecular weight excluding hydrogens is 324 g/mol. The van der Waals surface area contributed by atoms with Crippen molar-refractivity contribution in [3.63, 3.8) is 0 Å². The number of hydrogen-bond acceptors (Lipinski definition) is 5. The molecule has 0 radical (unpaired) electrons. The predicted octanol–water partition coefficient (Wildman–Crippen LogP) is 3.30. The molecule has 0 aliphatic carbocycles.